The molecule has 1 radical (unpaired) electrons. The summed E-state index contributed by atoms with van der Waals surface area (Å²) < 4.78 is 5.32. The average molecular weight is 219 g/mol. The Morgan fingerprint density at radius 3 is 2.82 bits per heavy atom. The first-order valence-corrected chi connectivity index (χ1v) is 5.49. The lowest BCUT2D eigenvalue weighted by Crippen LogP contribution is -1.82. The van der Waals surface area contributed by atoms with Crippen LogP contribution in [0.25, 0.3) is 21.5 Å². The Kier molecular flexibility index (Phi) is 2.30. The molecule has 0 amide bonds. The Balaban J connectivity index is 2.38. The zero-order valence-corrected chi connectivity index (χ0v) is 9.31. The van der Waals surface area contributed by atoms with Gasteiger partial charge in [-0.3, -0.25) is 0 Å². The zero-order chi connectivity index (χ0) is 11.7. The molecule has 0 spiro atoms. The van der Waals surface area contributed by atoms with Gasteiger partial charge in [-0.05, 0) is 45.8 Å². The Morgan fingerprint density at radius 2 is 1.94 bits per heavy atom. The summed E-state index contributed by atoms with van der Waals surface area (Å²) in [7, 11) is 0. The second kappa shape index (κ2) is 3.95. The summed E-state index contributed by atoms with van der Waals surface area (Å²) >= 11 is 0. The standard InChI is InChI=1S/C16H11O/c1-2-17-14-10-9-13-8-7-12-5-3-4-6-15(12)16(13)11-14/h2-6,8-11H,1H2. The first kappa shape index (κ1) is 9.91. The van der Waals surface area contributed by atoms with Crippen LogP contribution >= 0.6 is 0 Å². The molecule has 0 aliphatic carbocycles. The molecule has 17 heavy (non-hydrogen) atoms. The Hall–Kier alpha value is -2.28. The number of ether oxygens (including phenoxy) is 1. The maximum Gasteiger partial charge on any atom is 0.127 e. The molecule has 0 saturated carbocycles. The average Bonchev–Trinajstić information content (AvgIpc) is 2.39. The topological polar surface area (TPSA) is 9.23 Å². The first-order chi connectivity index (χ1) is 8.38. The van der Waals surface area contributed by atoms with Crippen molar-refractivity contribution >= 4 is 21.5 Å². The van der Waals surface area contributed by atoms with E-state index in [-0.39, 0.29) is 0 Å². The van der Waals surface area contributed by atoms with Crippen molar-refractivity contribution in [3.05, 3.63) is 67.4 Å². The normalized spacial score (nSPS) is 10.6. The van der Waals surface area contributed by atoms with Gasteiger partial charge < -0.3 is 4.74 Å². The molecule has 3 aromatic carbocycles. The van der Waals surface area contributed by atoms with Crippen LogP contribution in [0.1, 0.15) is 0 Å². The van der Waals surface area contributed by atoms with Crippen molar-refractivity contribution in [2.75, 3.05) is 0 Å². The number of fused-ring (bicyclic) bond motifs is 3. The number of hydrogen-bond donors (Lipinski definition) is 0. The Bertz CT molecular complexity index is 698. The van der Waals surface area contributed by atoms with E-state index >= 15 is 0 Å². The van der Waals surface area contributed by atoms with Gasteiger partial charge in [0.15, 0.2) is 0 Å². The van der Waals surface area contributed by atoms with E-state index in [1.165, 1.54) is 22.4 Å². The summed E-state index contributed by atoms with van der Waals surface area (Å²) in [5.41, 5.74) is 0. The third-order valence-electron chi connectivity index (χ3n) is 2.84. The fraction of sp³-hybridized carbons (Fsp3) is 0. The van der Waals surface area contributed by atoms with Gasteiger partial charge in [-0.1, -0.05) is 36.9 Å². The second-order valence-corrected chi connectivity index (χ2v) is 3.87. The monoisotopic (exact) mass is 219 g/mol. The molecule has 0 heterocycles. The Morgan fingerprint density at radius 1 is 1.06 bits per heavy atom. The van der Waals surface area contributed by atoms with Crippen molar-refractivity contribution in [3.63, 3.8) is 0 Å². The summed E-state index contributed by atoms with van der Waals surface area (Å²) in [5, 5.41) is 4.66. The summed E-state index contributed by atoms with van der Waals surface area (Å²) in [6.45, 7) is 3.57. The first-order valence-electron chi connectivity index (χ1n) is 5.49. The van der Waals surface area contributed by atoms with E-state index in [0.29, 0.717) is 0 Å². The molecular formula is C16H11O. The predicted octanol–water partition coefficient (Wildman–Crippen LogP) is 4.32. The van der Waals surface area contributed by atoms with E-state index in [0.717, 1.165) is 11.1 Å². The molecule has 81 valence electrons. The molecule has 0 atom stereocenters. The van der Waals surface area contributed by atoms with E-state index < -0.39 is 0 Å². The predicted molar refractivity (Wildman–Crippen MR) is 71.1 cm³/mol. The van der Waals surface area contributed by atoms with E-state index in [2.05, 4.69) is 24.8 Å². The van der Waals surface area contributed by atoms with Gasteiger partial charge in [0.2, 0.25) is 0 Å². The Labute approximate surface area is 99.9 Å². The van der Waals surface area contributed by atoms with E-state index in [1.54, 1.807) is 0 Å². The van der Waals surface area contributed by atoms with Crippen LogP contribution in [0.2, 0.25) is 0 Å². The molecule has 1 nitrogen and oxygen atoms in total. The van der Waals surface area contributed by atoms with Gasteiger partial charge in [0.05, 0.1) is 6.26 Å². The van der Waals surface area contributed by atoms with Crippen molar-refractivity contribution in [2.45, 2.75) is 0 Å². The van der Waals surface area contributed by atoms with E-state index in [1.807, 2.05) is 36.4 Å². The summed E-state index contributed by atoms with van der Waals surface area (Å²) in [4.78, 5) is 0. The molecular weight excluding hydrogens is 208 g/mol. The molecule has 0 aliphatic rings. The highest BCUT2D eigenvalue weighted by Gasteiger charge is 2.01. The quantitative estimate of drug-likeness (QED) is 0.461. The molecule has 1 heteroatoms. The van der Waals surface area contributed by atoms with Crippen LogP contribution < -0.4 is 4.74 Å². The van der Waals surface area contributed by atoms with Crippen LogP contribution in [0.5, 0.6) is 5.75 Å². The highest BCUT2D eigenvalue weighted by Crippen LogP contribution is 2.28. The van der Waals surface area contributed by atoms with E-state index in [9.17, 15) is 0 Å². The smallest absolute Gasteiger partial charge is 0.127 e. The van der Waals surface area contributed by atoms with Gasteiger partial charge in [0, 0.05) is 0 Å². The SMILES string of the molecule is C=COc1ccc2c[c]c3ccccc3c2c1. The second-order valence-electron chi connectivity index (χ2n) is 3.87. The van der Waals surface area contributed by atoms with Gasteiger partial charge in [0.25, 0.3) is 0 Å². The minimum atomic E-state index is 0.809. The minimum absolute atomic E-state index is 0.809. The largest absolute Gasteiger partial charge is 0.466 e. The van der Waals surface area contributed by atoms with Gasteiger partial charge in [0.1, 0.15) is 5.75 Å². The molecule has 0 bridgehead atoms. The fourth-order valence-corrected chi connectivity index (χ4v) is 2.06. The molecule has 3 aromatic rings. The number of benzene rings is 3. The summed E-state index contributed by atoms with van der Waals surface area (Å²) in [5.74, 6) is 0.809. The van der Waals surface area contributed by atoms with Crippen LogP contribution in [0.15, 0.2) is 61.4 Å². The lowest BCUT2D eigenvalue weighted by molar-refractivity contribution is 0.484. The van der Waals surface area contributed by atoms with Crippen molar-refractivity contribution in [3.8, 4) is 5.75 Å². The van der Waals surface area contributed by atoms with Crippen LogP contribution in [-0.4, -0.2) is 0 Å². The molecule has 0 N–H and O–H groups in total. The summed E-state index contributed by atoms with van der Waals surface area (Å²) in [6, 6.07) is 19.5. The van der Waals surface area contributed by atoms with Crippen LogP contribution in [0.3, 0.4) is 0 Å². The highest BCUT2D eigenvalue weighted by atomic mass is 16.5. The molecule has 0 fully saturated rings. The third kappa shape index (κ3) is 1.66. The van der Waals surface area contributed by atoms with E-state index in [4.69, 9.17) is 4.74 Å². The van der Waals surface area contributed by atoms with Gasteiger partial charge >= 0.3 is 0 Å². The van der Waals surface area contributed by atoms with Gasteiger partial charge in [-0.15, -0.1) is 0 Å². The minimum Gasteiger partial charge on any atom is -0.466 e. The van der Waals surface area contributed by atoms with Gasteiger partial charge in [-0.25, -0.2) is 0 Å². The van der Waals surface area contributed by atoms with Crippen LogP contribution in [0.4, 0.5) is 0 Å². The van der Waals surface area contributed by atoms with Crippen molar-refractivity contribution < 1.29 is 4.74 Å². The van der Waals surface area contributed by atoms with Gasteiger partial charge in [-0.2, -0.15) is 0 Å². The zero-order valence-electron chi connectivity index (χ0n) is 9.31. The lowest BCUT2D eigenvalue weighted by Gasteiger charge is -2.05. The molecule has 0 unspecified atom stereocenters. The number of hydrogen-bond acceptors (Lipinski definition) is 1. The maximum absolute atomic E-state index is 5.32. The molecule has 0 aromatic heterocycles. The number of rotatable bonds is 2. The fourth-order valence-electron chi connectivity index (χ4n) is 2.06. The lowest BCUT2D eigenvalue weighted by atomic mass is 10.0. The van der Waals surface area contributed by atoms with Crippen molar-refractivity contribution in [1.29, 1.82) is 0 Å². The van der Waals surface area contributed by atoms with Crippen LogP contribution in [-0.2, 0) is 0 Å². The third-order valence-corrected chi connectivity index (χ3v) is 2.84. The molecule has 0 saturated heterocycles. The molecule has 3 rings (SSSR count). The maximum atomic E-state index is 5.32. The van der Waals surface area contributed by atoms with Crippen molar-refractivity contribution in [2.24, 2.45) is 0 Å². The van der Waals surface area contributed by atoms with Crippen LogP contribution in [0, 0.1) is 6.07 Å². The van der Waals surface area contributed by atoms with Crippen molar-refractivity contribution in [1.82, 2.24) is 0 Å². The highest BCUT2D eigenvalue weighted by molar-refractivity contribution is 6.07. The molecule has 0 aliphatic heterocycles. The summed E-state index contributed by atoms with van der Waals surface area (Å²) in [6.07, 6.45) is 1.44.